The Kier molecular flexibility index (Phi) is 6.46. The van der Waals surface area contributed by atoms with Crippen molar-refractivity contribution in [2.45, 2.75) is 18.4 Å². The Labute approximate surface area is 171 Å². The maximum absolute atomic E-state index is 13.1. The van der Waals surface area contributed by atoms with Crippen molar-refractivity contribution in [2.24, 2.45) is 4.40 Å². The van der Waals surface area contributed by atoms with Gasteiger partial charge in [0.25, 0.3) is 10.0 Å². The number of hydrogen-bond donors (Lipinski definition) is 0. The first-order valence-corrected chi connectivity index (χ1v) is 11.0. The highest BCUT2D eigenvalue weighted by atomic mass is 32.2. The third kappa shape index (κ3) is 4.72. The quantitative estimate of drug-likeness (QED) is 0.530. The van der Waals surface area contributed by atoms with E-state index in [9.17, 15) is 17.6 Å². The fourth-order valence-electron chi connectivity index (χ4n) is 2.65. The van der Waals surface area contributed by atoms with Crippen molar-refractivity contribution in [3.8, 4) is 0 Å². The van der Waals surface area contributed by atoms with E-state index in [1.165, 1.54) is 12.1 Å². The van der Waals surface area contributed by atoms with Crippen LogP contribution in [-0.2, 0) is 26.0 Å². The number of thiazole rings is 1. The van der Waals surface area contributed by atoms with Gasteiger partial charge in [-0.1, -0.05) is 11.3 Å². The van der Waals surface area contributed by atoms with Gasteiger partial charge in [-0.05, 0) is 49.4 Å². The number of methoxy groups -OCH3 is 1. The van der Waals surface area contributed by atoms with E-state index in [1.54, 1.807) is 36.8 Å². The molecule has 0 N–H and O–H groups in total. The molecule has 0 spiro atoms. The average molecular weight is 439 g/mol. The monoisotopic (exact) mass is 438 g/mol. The van der Waals surface area contributed by atoms with Crippen LogP contribution in [0.3, 0.4) is 0 Å². The van der Waals surface area contributed by atoms with E-state index >= 15 is 0 Å². The lowest BCUT2D eigenvalue weighted by atomic mass is 10.2. The number of sulfonamides is 1. The molecule has 0 radical (unpaired) electrons. The average Bonchev–Trinajstić information content (AvgIpc) is 3.02. The first-order chi connectivity index (χ1) is 13.9. The maximum Gasteiger partial charge on any atom is 0.338 e. The van der Waals surface area contributed by atoms with Gasteiger partial charge in [0, 0.05) is 13.7 Å². The van der Waals surface area contributed by atoms with Crippen LogP contribution in [0.2, 0.25) is 0 Å². The van der Waals surface area contributed by atoms with Crippen molar-refractivity contribution < 1.29 is 27.1 Å². The normalized spacial score (nSPS) is 12.4. The molecular formula is C19H19FN2O5S2. The number of nitrogens with zero attached hydrogens (tertiary/aromatic N) is 2. The van der Waals surface area contributed by atoms with E-state index in [2.05, 4.69) is 4.40 Å². The number of ether oxygens (including phenoxy) is 2. The van der Waals surface area contributed by atoms with Crippen LogP contribution in [0.25, 0.3) is 10.2 Å². The molecule has 3 aromatic rings. The minimum Gasteiger partial charge on any atom is -0.462 e. The van der Waals surface area contributed by atoms with Crippen LogP contribution in [0.4, 0.5) is 4.39 Å². The lowest BCUT2D eigenvalue weighted by Crippen LogP contribution is -2.19. The zero-order valence-electron chi connectivity index (χ0n) is 15.8. The number of benzene rings is 2. The molecule has 1 heterocycles. The van der Waals surface area contributed by atoms with Crippen LogP contribution in [0.1, 0.15) is 17.3 Å². The standard InChI is InChI=1S/C19H19FN2O5S2/c1-3-27-18(23)13-4-9-16-17(12-13)28-19(22(16)10-11-26-2)21-29(24,25)15-7-5-14(20)6-8-15/h4-9,12H,3,10-11H2,1-2H3/b21-19-. The SMILES string of the molecule is CCOC(=O)c1ccc2c(c1)s/c(=N\S(=O)(=O)c1ccc(F)cc1)n2CCOC. The van der Waals surface area contributed by atoms with E-state index in [4.69, 9.17) is 9.47 Å². The molecule has 154 valence electrons. The molecule has 0 atom stereocenters. The summed E-state index contributed by atoms with van der Waals surface area (Å²) < 4.78 is 54.9. The molecule has 0 fully saturated rings. The number of carbonyl (C=O) groups excluding carboxylic acids is 1. The van der Waals surface area contributed by atoms with Crippen LogP contribution >= 0.6 is 11.3 Å². The van der Waals surface area contributed by atoms with Crippen molar-refractivity contribution in [2.75, 3.05) is 20.3 Å². The fraction of sp³-hybridized carbons (Fsp3) is 0.263. The predicted octanol–water partition coefficient (Wildman–Crippen LogP) is 2.95. The first-order valence-electron chi connectivity index (χ1n) is 8.71. The lowest BCUT2D eigenvalue weighted by Gasteiger charge is -2.05. The van der Waals surface area contributed by atoms with E-state index in [1.807, 2.05) is 0 Å². The largest absolute Gasteiger partial charge is 0.462 e. The molecule has 3 rings (SSSR count). The Bertz CT molecular complexity index is 1200. The summed E-state index contributed by atoms with van der Waals surface area (Å²) in [6, 6.07) is 9.45. The van der Waals surface area contributed by atoms with Gasteiger partial charge in [0.2, 0.25) is 4.80 Å². The third-order valence-corrected chi connectivity index (χ3v) is 6.46. The summed E-state index contributed by atoms with van der Waals surface area (Å²) in [6.45, 7) is 2.69. The molecule has 29 heavy (non-hydrogen) atoms. The van der Waals surface area contributed by atoms with Crippen LogP contribution in [-0.4, -0.2) is 39.3 Å². The van der Waals surface area contributed by atoms with Gasteiger partial charge in [-0.25, -0.2) is 9.18 Å². The number of halogens is 1. The fourth-order valence-corrected chi connectivity index (χ4v) is 4.94. The molecule has 0 saturated heterocycles. The van der Waals surface area contributed by atoms with Gasteiger partial charge < -0.3 is 14.0 Å². The summed E-state index contributed by atoms with van der Waals surface area (Å²) >= 11 is 1.13. The van der Waals surface area contributed by atoms with Gasteiger partial charge in [-0.3, -0.25) is 0 Å². The van der Waals surface area contributed by atoms with Crippen LogP contribution in [0, 0.1) is 5.82 Å². The Hall–Kier alpha value is -2.56. The second-order valence-electron chi connectivity index (χ2n) is 5.95. The topological polar surface area (TPSA) is 87.0 Å². The molecule has 0 unspecified atom stereocenters. The lowest BCUT2D eigenvalue weighted by molar-refractivity contribution is 0.0526. The second-order valence-corrected chi connectivity index (χ2v) is 8.57. The van der Waals surface area contributed by atoms with Crippen LogP contribution in [0.5, 0.6) is 0 Å². The minimum absolute atomic E-state index is 0.109. The van der Waals surface area contributed by atoms with Gasteiger partial charge in [0.05, 0.1) is 33.9 Å². The molecule has 0 aliphatic rings. The third-order valence-electron chi connectivity index (χ3n) is 4.02. The van der Waals surface area contributed by atoms with Crippen molar-refractivity contribution in [3.63, 3.8) is 0 Å². The van der Waals surface area contributed by atoms with Crippen LogP contribution < -0.4 is 4.80 Å². The number of esters is 1. The highest BCUT2D eigenvalue weighted by Crippen LogP contribution is 2.21. The second kappa shape index (κ2) is 8.85. The van der Waals surface area contributed by atoms with E-state index in [0.29, 0.717) is 28.9 Å². The summed E-state index contributed by atoms with van der Waals surface area (Å²) in [5, 5.41) is 0. The summed E-state index contributed by atoms with van der Waals surface area (Å²) in [5.41, 5.74) is 1.08. The Balaban J connectivity index is 2.15. The molecular weight excluding hydrogens is 419 g/mol. The maximum atomic E-state index is 13.1. The Morgan fingerprint density at radius 3 is 2.59 bits per heavy atom. The van der Waals surface area contributed by atoms with Crippen molar-refractivity contribution in [1.82, 2.24) is 4.57 Å². The van der Waals surface area contributed by atoms with Gasteiger partial charge in [-0.15, -0.1) is 4.40 Å². The Morgan fingerprint density at radius 2 is 1.93 bits per heavy atom. The smallest absolute Gasteiger partial charge is 0.338 e. The Morgan fingerprint density at radius 1 is 1.21 bits per heavy atom. The molecule has 10 heteroatoms. The molecule has 0 saturated carbocycles. The molecule has 7 nitrogen and oxygen atoms in total. The number of rotatable bonds is 7. The summed E-state index contributed by atoms with van der Waals surface area (Å²) in [7, 11) is -2.50. The van der Waals surface area contributed by atoms with E-state index in [-0.39, 0.29) is 16.3 Å². The van der Waals surface area contributed by atoms with Gasteiger partial charge in [0.1, 0.15) is 5.82 Å². The first kappa shape index (κ1) is 21.2. The van der Waals surface area contributed by atoms with Crippen molar-refractivity contribution >= 4 is 37.5 Å². The highest BCUT2D eigenvalue weighted by Gasteiger charge is 2.16. The van der Waals surface area contributed by atoms with E-state index < -0.39 is 21.8 Å². The minimum atomic E-state index is -4.04. The van der Waals surface area contributed by atoms with Gasteiger partial charge in [-0.2, -0.15) is 8.42 Å². The van der Waals surface area contributed by atoms with Crippen molar-refractivity contribution in [1.29, 1.82) is 0 Å². The molecule has 0 bridgehead atoms. The summed E-state index contributed by atoms with van der Waals surface area (Å²) in [5.74, 6) is -0.990. The van der Waals surface area contributed by atoms with Crippen LogP contribution in [0.15, 0.2) is 51.8 Å². The molecule has 1 aromatic heterocycles. The number of aromatic nitrogens is 1. The molecule has 0 amide bonds. The summed E-state index contributed by atoms with van der Waals surface area (Å²) in [6.07, 6.45) is 0. The zero-order chi connectivity index (χ0) is 21.0. The van der Waals surface area contributed by atoms with Gasteiger partial charge in [0.15, 0.2) is 0 Å². The van der Waals surface area contributed by atoms with Gasteiger partial charge >= 0.3 is 5.97 Å². The zero-order valence-corrected chi connectivity index (χ0v) is 17.4. The molecule has 2 aromatic carbocycles. The molecule has 0 aliphatic carbocycles. The number of carbonyl (C=O) groups is 1. The van der Waals surface area contributed by atoms with Crippen molar-refractivity contribution in [3.05, 3.63) is 58.6 Å². The summed E-state index contributed by atoms with van der Waals surface area (Å²) in [4.78, 5) is 12.1. The van der Waals surface area contributed by atoms with E-state index in [0.717, 1.165) is 23.5 Å². The highest BCUT2D eigenvalue weighted by molar-refractivity contribution is 7.90. The number of hydrogen-bond acceptors (Lipinski definition) is 6. The molecule has 0 aliphatic heterocycles. The predicted molar refractivity (Wildman–Crippen MR) is 107 cm³/mol. The number of fused-ring (bicyclic) bond motifs is 1.